The van der Waals surface area contributed by atoms with Gasteiger partial charge in [0.05, 0.1) is 29.5 Å². The molecule has 0 aliphatic carbocycles. The number of ether oxygens (including phenoxy) is 1. The summed E-state index contributed by atoms with van der Waals surface area (Å²) in [6.45, 7) is 0. The van der Waals surface area contributed by atoms with E-state index in [9.17, 15) is 4.79 Å². The molecule has 0 unspecified atom stereocenters. The number of benzene rings is 1. The minimum absolute atomic E-state index is 0.267. The standard InChI is InChI=1S/C14H13N3O3S2/c1-19-9-6-4-3-5-8(9)15-14-16-13-11(22-14)7-10(21-13)12(18)17-20-2/h3-7H,1-2H3,(H,15,16)(H,17,18). The summed E-state index contributed by atoms with van der Waals surface area (Å²) in [4.78, 5) is 22.2. The van der Waals surface area contributed by atoms with Crippen LogP contribution in [0.2, 0.25) is 0 Å². The highest BCUT2D eigenvalue weighted by atomic mass is 32.1. The van der Waals surface area contributed by atoms with Gasteiger partial charge in [-0.05, 0) is 18.2 Å². The molecule has 2 aromatic heterocycles. The zero-order valence-corrected chi connectivity index (χ0v) is 13.5. The number of amides is 1. The number of rotatable bonds is 5. The molecule has 0 aliphatic heterocycles. The summed E-state index contributed by atoms with van der Waals surface area (Å²) in [6, 6.07) is 9.44. The van der Waals surface area contributed by atoms with Crippen LogP contribution in [-0.2, 0) is 4.84 Å². The Balaban J connectivity index is 1.84. The van der Waals surface area contributed by atoms with E-state index < -0.39 is 0 Å². The third-order valence-corrected chi connectivity index (χ3v) is 4.93. The van der Waals surface area contributed by atoms with Gasteiger partial charge in [0.15, 0.2) is 5.13 Å². The van der Waals surface area contributed by atoms with Gasteiger partial charge in [-0.2, -0.15) is 0 Å². The molecule has 0 aliphatic rings. The van der Waals surface area contributed by atoms with Gasteiger partial charge in [0.25, 0.3) is 5.91 Å². The Morgan fingerprint density at radius 3 is 2.77 bits per heavy atom. The lowest BCUT2D eigenvalue weighted by Gasteiger charge is -2.07. The van der Waals surface area contributed by atoms with E-state index in [4.69, 9.17) is 4.74 Å². The fourth-order valence-corrected chi connectivity index (χ4v) is 3.92. The topological polar surface area (TPSA) is 72.5 Å². The van der Waals surface area contributed by atoms with Gasteiger partial charge in [-0.25, -0.2) is 10.5 Å². The molecule has 114 valence electrons. The Bertz CT molecular complexity index is 781. The Hall–Kier alpha value is -2.16. The molecule has 2 heterocycles. The van der Waals surface area contributed by atoms with E-state index in [1.165, 1.54) is 29.8 Å². The number of fused-ring (bicyclic) bond motifs is 1. The van der Waals surface area contributed by atoms with Crippen molar-refractivity contribution in [2.75, 3.05) is 19.5 Å². The molecule has 0 fully saturated rings. The number of nitrogens with zero attached hydrogens (tertiary/aromatic N) is 1. The number of thiophene rings is 1. The second kappa shape index (κ2) is 6.30. The van der Waals surface area contributed by atoms with E-state index in [0.717, 1.165) is 26.1 Å². The van der Waals surface area contributed by atoms with Crippen LogP contribution in [0.15, 0.2) is 30.3 Å². The summed E-state index contributed by atoms with van der Waals surface area (Å²) in [5.41, 5.74) is 3.15. The van der Waals surface area contributed by atoms with Crippen LogP contribution in [0, 0.1) is 0 Å². The van der Waals surface area contributed by atoms with Crippen LogP contribution >= 0.6 is 22.7 Å². The number of anilines is 2. The summed E-state index contributed by atoms with van der Waals surface area (Å²) < 4.78 is 6.25. The molecule has 3 aromatic rings. The average molecular weight is 335 g/mol. The molecule has 0 spiro atoms. The number of hydroxylamine groups is 1. The molecule has 6 nitrogen and oxygen atoms in total. The highest BCUT2D eigenvalue weighted by Crippen LogP contribution is 2.35. The first-order valence-electron chi connectivity index (χ1n) is 6.35. The molecular weight excluding hydrogens is 322 g/mol. The summed E-state index contributed by atoms with van der Waals surface area (Å²) in [7, 11) is 3.03. The van der Waals surface area contributed by atoms with Gasteiger partial charge in [-0.1, -0.05) is 23.5 Å². The van der Waals surface area contributed by atoms with Crippen LogP contribution in [0.3, 0.4) is 0 Å². The lowest BCUT2D eigenvalue weighted by Crippen LogP contribution is -2.20. The molecule has 1 aromatic carbocycles. The SMILES string of the molecule is CONC(=O)c1cc2sc(Nc3ccccc3OC)nc2s1. The van der Waals surface area contributed by atoms with Gasteiger partial charge in [0.1, 0.15) is 10.6 Å². The number of carbonyl (C=O) groups excluding carboxylic acids is 1. The lowest BCUT2D eigenvalue weighted by atomic mass is 10.3. The summed E-state index contributed by atoms with van der Waals surface area (Å²) in [6.07, 6.45) is 0. The fraction of sp³-hybridized carbons (Fsp3) is 0.143. The van der Waals surface area contributed by atoms with E-state index in [1.54, 1.807) is 13.2 Å². The number of hydrogen-bond donors (Lipinski definition) is 2. The Morgan fingerprint density at radius 1 is 1.23 bits per heavy atom. The number of hydrogen-bond acceptors (Lipinski definition) is 7. The van der Waals surface area contributed by atoms with Crippen LogP contribution in [0.25, 0.3) is 9.53 Å². The van der Waals surface area contributed by atoms with Crippen molar-refractivity contribution >= 4 is 48.9 Å². The first-order chi connectivity index (χ1) is 10.7. The highest BCUT2D eigenvalue weighted by molar-refractivity contribution is 7.29. The third kappa shape index (κ3) is 2.89. The second-order valence-corrected chi connectivity index (χ2v) is 6.32. The minimum atomic E-state index is -0.267. The summed E-state index contributed by atoms with van der Waals surface area (Å²) in [5.74, 6) is 0.484. The molecule has 0 saturated carbocycles. The van der Waals surface area contributed by atoms with Crippen molar-refractivity contribution in [2.24, 2.45) is 0 Å². The van der Waals surface area contributed by atoms with Gasteiger partial charge in [-0.15, -0.1) is 11.3 Å². The van der Waals surface area contributed by atoms with Crippen molar-refractivity contribution in [3.05, 3.63) is 35.2 Å². The van der Waals surface area contributed by atoms with E-state index in [-0.39, 0.29) is 5.91 Å². The first-order valence-corrected chi connectivity index (χ1v) is 7.98. The third-order valence-electron chi connectivity index (χ3n) is 2.86. The van der Waals surface area contributed by atoms with Crippen molar-refractivity contribution in [3.8, 4) is 5.75 Å². The zero-order chi connectivity index (χ0) is 15.5. The number of thiazole rings is 1. The Labute approximate surface area is 134 Å². The second-order valence-electron chi connectivity index (χ2n) is 4.26. The number of nitrogens with one attached hydrogen (secondary N) is 2. The van der Waals surface area contributed by atoms with E-state index in [2.05, 4.69) is 20.6 Å². The Kier molecular flexibility index (Phi) is 4.23. The molecule has 0 radical (unpaired) electrons. The van der Waals surface area contributed by atoms with Crippen LogP contribution < -0.4 is 15.5 Å². The van der Waals surface area contributed by atoms with Crippen molar-refractivity contribution in [3.63, 3.8) is 0 Å². The Morgan fingerprint density at radius 2 is 2.05 bits per heavy atom. The minimum Gasteiger partial charge on any atom is -0.495 e. The summed E-state index contributed by atoms with van der Waals surface area (Å²) >= 11 is 2.80. The lowest BCUT2D eigenvalue weighted by molar-refractivity contribution is 0.0542. The van der Waals surface area contributed by atoms with Crippen LogP contribution in [0.1, 0.15) is 9.67 Å². The van der Waals surface area contributed by atoms with Gasteiger partial charge in [0, 0.05) is 0 Å². The van der Waals surface area contributed by atoms with Gasteiger partial charge < -0.3 is 10.1 Å². The van der Waals surface area contributed by atoms with Crippen molar-refractivity contribution in [1.29, 1.82) is 0 Å². The molecule has 1 amide bonds. The maximum absolute atomic E-state index is 11.7. The predicted molar refractivity (Wildman–Crippen MR) is 88.2 cm³/mol. The molecule has 0 saturated heterocycles. The maximum Gasteiger partial charge on any atom is 0.285 e. The molecule has 0 atom stereocenters. The monoisotopic (exact) mass is 335 g/mol. The van der Waals surface area contributed by atoms with Crippen LogP contribution in [0.4, 0.5) is 10.8 Å². The molecule has 3 rings (SSSR count). The summed E-state index contributed by atoms with van der Waals surface area (Å²) in [5, 5.41) is 3.99. The van der Waals surface area contributed by atoms with E-state index in [0.29, 0.717) is 4.88 Å². The largest absolute Gasteiger partial charge is 0.495 e. The van der Waals surface area contributed by atoms with Crippen molar-refractivity contribution in [1.82, 2.24) is 10.5 Å². The quantitative estimate of drug-likeness (QED) is 0.699. The molecule has 22 heavy (non-hydrogen) atoms. The van der Waals surface area contributed by atoms with Crippen LogP contribution in [0.5, 0.6) is 5.75 Å². The molecular formula is C14H13N3O3S2. The average Bonchev–Trinajstić information content (AvgIpc) is 3.06. The van der Waals surface area contributed by atoms with Crippen LogP contribution in [-0.4, -0.2) is 25.1 Å². The number of aromatic nitrogens is 1. The number of methoxy groups -OCH3 is 1. The maximum atomic E-state index is 11.7. The zero-order valence-electron chi connectivity index (χ0n) is 11.9. The van der Waals surface area contributed by atoms with Crippen molar-refractivity contribution < 1.29 is 14.4 Å². The van der Waals surface area contributed by atoms with Crippen molar-refractivity contribution in [2.45, 2.75) is 0 Å². The molecule has 0 bridgehead atoms. The smallest absolute Gasteiger partial charge is 0.285 e. The normalized spacial score (nSPS) is 10.6. The number of para-hydroxylation sites is 2. The van der Waals surface area contributed by atoms with Gasteiger partial charge in [0.2, 0.25) is 0 Å². The molecule has 8 heteroatoms. The molecule has 2 N–H and O–H groups in total. The van der Waals surface area contributed by atoms with Gasteiger partial charge in [-0.3, -0.25) is 9.63 Å². The first kappa shape index (κ1) is 14.8. The van der Waals surface area contributed by atoms with E-state index in [1.807, 2.05) is 24.3 Å². The number of carbonyl (C=O) groups is 1. The predicted octanol–water partition coefficient (Wildman–Crippen LogP) is 3.40. The highest BCUT2D eigenvalue weighted by Gasteiger charge is 2.14. The van der Waals surface area contributed by atoms with Gasteiger partial charge >= 0.3 is 0 Å². The fourth-order valence-electron chi connectivity index (χ4n) is 1.91. The van der Waals surface area contributed by atoms with E-state index >= 15 is 0 Å².